The summed E-state index contributed by atoms with van der Waals surface area (Å²) in [5, 5.41) is 0.457. The number of carbonyl (C=O) groups is 1. The molecule has 1 amide bonds. The topological polar surface area (TPSA) is 58.6 Å². The molecule has 148 valence electrons. The van der Waals surface area contributed by atoms with E-state index in [1.54, 1.807) is 35.2 Å². The fourth-order valence-corrected chi connectivity index (χ4v) is 3.34. The summed E-state index contributed by atoms with van der Waals surface area (Å²) in [4.78, 5) is 25.0. The summed E-state index contributed by atoms with van der Waals surface area (Å²) < 4.78 is 18.7. The second-order valence-electron chi connectivity index (χ2n) is 6.53. The van der Waals surface area contributed by atoms with Crippen molar-refractivity contribution in [2.24, 2.45) is 0 Å². The van der Waals surface area contributed by atoms with Crippen LogP contribution in [0.4, 0.5) is 10.2 Å². The molecule has 6 nitrogen and oxygen atoms in total. The molecule has 2 heterocycles. The summed E-state index contributed by atoms with van der Waals surface area (Å²) in [6, 6.07) is 14.5. The minimum Gasteiger partial charge on any atom is -0.439 e. The molecule has 3 aromatic rings. The van der Waals surface area contributed by atoms with Crippen molar-refractivity contribution >= 4 is 23.3 Å². The predicted octanol–water partition coefficient (Wildman–Crippen LogP) is 4.02. The van der Waals surface area contributed by atoms with Crippen molar-refractivity contribution in [3.8, 4) is 11.6 Å². The van der Waals surface area contributed by atoms with E-state index in [-0.39, 0.29) is 11.7 Å². The minimum atomic E-state index is -0.329. The highest BCUT2D eigenvalue weighted by atomic mass is 35.5. The van der Waals surface area contributed by atoms with E-state index in [2.05, 4.69) is 14.9 Å². The number of ether oxygens (including phenoxy) is 1. The summed E-state index contributed by atoms with van der Waals surface area (Å²) in [6.07, 6.45) is 1.43. The van der Waals surface area contributed by atoms with Gasteiger partial charge in [0.2, 0.25) is 5.88 Å². The van der Waals surface area contributed by atoms with Gasteiger partial charge in [0.1, 0.15) is 23.7 Å². The molecule has 2 aromatic carbocycles. The highest BCUT2D eigenvalue weighted by Crippen LogP contribution is 2.24. The van der Waals surface area contributed by atoms with Crippen molar-refractivity contribution in [2.45, 2.75) is 0 Å². The molecule has 0 saturated carbocycles. The average Bonchev–Trinajstić information content (AvgIpc) is 2.76. The van der Waals surface area contributed by atoms with Crippen LogP contribution in [0.3, 0.4) is 0 Å². The van der Waals surface area contributed by atoms with Crippen molar-refractivity contribution < 1.29 is 13.9 Å². The van der Waals surface area contributed by atoms with Crippen LogP contribution in [0.2, 0.25) is 5.02 Å². The predicted molar refractivity (Wildman–Crippen MR) is 108 cm³/mol. The molecular formula is C21H18ClFN4O2. The van der Waals surface area contributed by atoms with Gasteiger partial charge in [-0.2, -0.15) is 0 Å². The number of amides is 1. The van der Waals surface area contributed by atoms with Gasteiger partial charge in [0, 0.05) is 32.2 Å². The number of hydrogen-bond acceptors (Lipinski definition) is 5. The Morgan fingerprint density at radius 3 is 2.45 bits per heavy atom. The van der Waals surface area contributed by atoms with Gasteiger partial charge in [-0.05, 0) is 36.4 Å². The molecule has 0 N–H and O–H groups in total. The number of halogens is 2. The second-order valence-corrected chi connectivity index (χ2v) is 6.94. The molecule has 1 saturated heterocycles. The molecule has 1 aromatic heterocycles. The van der Waals surface area contributed by atoms with Gasteiger partial charge in [0.05, 0.1) is 10.6 Å². The number of benzene rings is 2. The molecule has 0 spiro atoms. The Bertz CT molecular complexity index is 1010. The third kappa shape index (κ3) is 4.46. The monoisotopic (exact) mass is 412 g/mol. The van der Waals surface area contributed by atoms with Crippen LogP contribution in [-0.2, 0) is 0 Å². The summed E-state index contributed by atoms with van der Waals surface area (Å²) in [5.41, 5.74) is 0.514. The number of hydrogen-bond donors (Lipinski definition) is 0. The normalized spacial score (nSPS) is 14.0. The Kier molecular flexibility index (Phi) is 5.57. The van der Waals surface area contributed by atoms with E-state index in [4.69, 9.17) is 16.3 Å². The molecule has 0 radical (unpaired) electrons. The molecular weight excluding hydrogens is 395 g/mol. The van der Waals surface area contributed by atoms with Crippen LogP contribution in [0.15, 0.2) is 60.9 Å². The Labute approximate surface area is 172 Å². The molecule has 0 aliphatic carbocycles. The van der Waals surface area contributed by atoms with Crippen LogP contribution < -0.4 is 9.64 Å². The lowest BCUT2D eigenvalue weighted by Gasteiger charge is -2.35. The SMILES string of the molecule is O=C(c1ccccc1Cl)N1CCN(c2cc(Oc3ccc(F)cc3)ncn2)CC1. The first-order valence-corrected chi connectivity index (χ1v) is 9.52. The number of aromatic nitrogens is 2. The van der Waals surface area contributed by atoms with E-state index >= 15 is 0 Å². The first-order valence-electron chi connectivity index (χ1n) is 9.14. The van der Waals surface area contributed by atoms with E-state index in [1.807, 2.05) is 0 Å². The smallest absolute Gasteiger partial charge is 0.255 e. The summed E-state index contributed by atoms with van der Waals surface area (Å²) in [6.45, 7) is 2.37. The Hall–Kier alpha value is -3.19. The van der Waals surface area contributed by atoms with Crippen LogP contribution in [0.5, 0.6) is 11.6 Å². The van der Waals surface area contributed by atoms with E-state index in [1.165, 1.54) is 30.6 Å². The Morgan fingerprint density at radius 2 is 1.72 bits per heavy atom. The van der Waals surface area contributed by atoms with E-state index in [9.17, 15) is 9.18 Å². The van der Waals surface area contributed by atoms with Gasteiger partial charge in [-0.3, -0.25) is 4.79 Å². The molecule has 1 aliphatic rings. The van der Waals surface area contributed by atoms with Crippen molar-refractivity contribution in [1.82, 2.24) is 14.9 Å². The van der Waals surface area contributed by atoms with Crippen molar-refractivity contribution in [3.63, 3.8) is 0 Å². The Balaban J connectivity index is 1.40. The number of nitrogens with zero attached hydrogens (tertiary/aromatic N) is 4. The molecule has 0 unspecified atom stereocenters. The van der Waals surface area contributed by atoms with Gasteiger partial charge in [-0.15, -0.1) is 0 Å². The van der Waals surface area contributed by atoms with Gasteiger partial charge in [-0.1, -0.05) is 23.7 Å². The van der Waals surface area contributed by atoms with Crippen molar-refractivity contribution in [3.05, 3.63) is 77.3 Å². The largest absolute Gasteiger partial charge is 0.439 e. The lowest BCUT2D eigenvalue weighted by atomic mass is 10.2. The fraction of sp³-hybridized carbons (Fsp3) is 0.190. The van der Waals surface area contributed by atoms with E-state index in [0.29, 0.717) is 54.2 Å². The van der Waals surface area contributed by atoms with Gasteiger partial charge in [-0.25, -0.2) is 14.4 Å². The highest BCUT2D eigenvalue weighted by molar-refractivity contribution is 6.33. The molecule has 29 heavy (non-hydrogen) atoms. The summed E-state index contributed by atoms with van der Waals surface area (Å²) in [5.74, 6) is 1.17. The molecule has 4 rings (SSSR count). The summed E-state index contributed by atoms with van der Waals surface area (Å²) in [7, 11) is 0. The van der Waals surface area contributed by atoms with Gasteiger partial charge in [0.15, 0.2) is 0 Å². The number of rotatable bonds is 4. The van der Waals surface area contributed by atoms with Crippen molar-refractivity contribution in [1.29, 1.82) is 0 Å². The number of anilines is 1. The van der Waals surface area contributed by atoms with Crippen LogP contribution in [0, 0.1) is 5.82 Å². The summed E-state index contributed by atoms with van der Waals surface area (Å²) >= 11 is 6.15. The lowest BCUT2D eigenvalue weighted by Crippen LogP contribution is -2.49. The average molecular weight is 413 g/mol. The number of carbonyl (C=O) groups excluding carboxylic acids is 1. The van der Waals surface area contributed by atoms with E-state index < -0.39 is 0 Å². The van der Waals surface area contributed by atoms with Crippen LogP contribution in [0.1, 0.15) is 10.4 Å². The molecule has 0 atom stereocenters. The van der Waals surface area contributed by atoms with Crippen molar-refractivity contribution in [2.75, 3.05) is 31.1 Å². The van der Waals surface area contributed by atoms with Crippen LogP contribution >= 0.6 is 11.6 Å². The molecule has 8 heteroatoms. The molecule has 0 bridgehead atoms. The van der Waals surface area contributed by atoms with Crippen LogP contribution in [-0.4, -0.2) is 47.0 Å². The number of piperazine rings is 1. The zero-order valence-corrected chi connectivity index (χ0v) is 16.2. The molecule has 1 fully saturated rings. The second kappa shape index (κ2) is 8.45. The minimum absolute atomic E-state index is 0.0710. The maximum absolute atomic E-state index is 13.0. The molecule has 1 aliphatic heterocycles. The Morgan fingerprint density at radius 1 is 1.00 bits per heavy atom. The quantitative estimate of drug-likeness (QED) is 0.647. The van der Waals surface area contributed by atoms with Gasteiger partial charge in [0.25, 0.3) is 5.91 Å². The fourth-order valence-electron chi connectivity index (χ4n) is 3.13. The zero-order valence-electron chi connectivity index (χ0n) is 15.5. The van der Waals surface area contributed by atoms with E-state index in [0.717, 1.165) is 0 Å². The highest BCUT2D eigenvalue weighted by Gasteiger charge is 2.24. The standard InChI is InChI=1S/C21H18ClFN4O2/c22-18-4-2-1-3-17(18)21(28)27-11-9-26(10-12-27)19-13-20(25-14-24-19)29-16-7-5-15(23)6-8-16/h1-8,13-14H,9-12H2. The maximum Gasteiger partial charge on any atom is 0.255 e. The van der Waals surface area contributed by atoms with Crippen LogP contribution in [0.25, 0.3) is 0 Å². The van der Waals surface area contributed by atoms with Gasteiger partial charge < -0.3 is 14.5 Å². The zero-order chi connectivity index (χ0) is 20.2. The first-order chi connectivity index (χ1) is 14.1. The third-order valence-electron chi connectivity index (χ3n) is 4.66. The third-order valence-corrected chi connectivity index (χ3v) is 4.99. The van der Waals surface area contributed by atoms with Gasteiger partial charge >= 0.3 is 0 Å². The first kappa shape index (κ1) is 19.1. The lowest BCUT2D eigenvalue weighted by molar-refractivity contribution is 0.0746. The maximum atomic E-state index is 13.0.